The maximum atomic E-state index is 11.9. The molecule has 1 heterocycles. The van der Waals surface area contributed by atoms with Crippen LogP contribution >= 0.6 is 0 Å². The normalized spacial score (nSPS) is 19.0. The molecule has 1 aliphatic heterocycles. The third-order valence-electron chi connectivity index (χ3n) is 3.57. The predicted molar refractivity (Wildman–Crippen MR) is 76.7 cm³/mol. The highest BCUT2D eigenvalue weighted by molar-refractivity contribution is 5.96. The lowest BCUT2D eigenvalue weighted by Gasteiger charge is -2.15. The summed E-state index contributed by atoms with van der Waals surface area (Å²) in [5, 5.41) is 11.9. The van der Waals surface area contributed by atoms with E-state index in [-0.39, 0.29) is 24.2 Å². The second-order valence-corrected chi connectivity index (χ2v) is 5.25. The first kappa shape index (κ1) is 14.7. The molecule has 2 N–H and O–H groups in total. The van der Waals surface area contributed by atoms with Gasteiger partial charge in [0.15, 0.2) is 5.78 Å². The highest BCUT2D eigenvalue weighted by atomic mass is 16.3. The van der Waals surface area contributed by atoms with Gasteiger partial charge in [-0.25, -0.2) is 0 Å². The van der Waals surface area contributed by atoms with E-state index in [4.69, 9.17) is 5.11 Å². The molecule has 1 atom stereocenters. The quantitative estimate of drug-likeness (QED) is 0.791. The monoisotopic (exact) mass is 276 g/mol. The molecular weight excluding hydrogens is 256 g/mol. The van der Waals surface area contributed by atoms with Crippen LogP contribution in [-0.2, 0) is 4.79 Å². The topological polar surface area (TPSA) is 69.6 Å². The van der Waals surface area contributed by atoms with E-state index < -0.39 is 0 Å². The maximum absolute atomic E-state index is 11.9. The summed E-state index contributed by atoms with van der Waals surface area (Å²) in [6.45, 7) is 3.66. The standard InChI is InChI=1S/C15H20N2O3/c1-11(19)13-2-4-14(5-3-13)16-15(20)9-17-7-6-12(8-17)10-18/h2-5,12,18H,6-10H2,1H3,(H,16,20). The number of carbonyl (C=O) groups excluding carboxylic acids is 2. The Hall–Kier alpha value is -1.72. The van der Waals surface area contributed by atoms with Gasteiger partial charge < -0.3 is 10.4 Å². The van der Waals surface area contributed by atoms with Crippen molar-refractivity contribution in [3.8, 4) is 0 Å². The molecule has 1 aromatic carbocycles. The van der Waals surface area contributed by atoms with Crippen molar-refractivity contribution >= 4 is 17.4 Å². The van der Waals surface area contributed by atoms with Crippen molar-refractivity contribution in [3.63, 3.8) is 0 Å². The largest absolute Gasteiger partial charge is 0.396 e. The molecule has 108 valence electrons. The zero-order valence-electron chi connectivity index (χ0n) is 11.6. The number of Topliss-reactive ketones (excluding diaryl/α,β-unsaturated/α-hetero) is 1. The summed E-state index contributed by atoms with van der Waals surface area (Å²) in [7, 11) is 0. The molecule has 1 unspecified atom stereocenters. The third kappa shape index (κ3) is 3.88. The Bertz CT molecular complexity index is 484. The summed E-state index contributed by atoms with van der Waals surface area (Å²) >= 11 is 0. The van der Waals surface area contributed by atoms with Crippen LogP contribution in [0.1, 0.15) is 23.7 Å². The first-order chi connectivity index (χ1) is 9.58. The number of nitrogens with zero attached hydrogens (tertiary/aromatic N) is 1. The van der Waals surface area contributed by atoms with Crippen LogP contribution in [0.2, 0.25) is 0 Å². The summed E-state index contributed by atoms with van der Waals surface area (Å²) in [6.07, 6.45) is 0.942. The summed E-state index contributed by atoms with van der Waals surface area (Å²) in [5.41, 5.74) is 1.33. The van der Waals surface area contributed by atoms with Gasteiger partial charge >= 0.3 is 0 Å². The number of rotatable bonds is 5. The fraction of sp³-hybridized carbons (Fsp3) is 0.467. The molecule has 5 nitrogen and oxygen atoms in total. The Kier molecular flexibility index (Phi) is 4.87. The summed E-state index contributed by atoms with van der Waals surface area (Å²) in [5.74, 6) is 0.229. The molecule has 1 aliphatic rings. The fourth-order valence-electron chi connectivity index (χ4n) is 2.40. The van der Waals surface area contributed by atoms with Gasteiger partial charge in [-0.15, -0.1) is 0 Å². The van der Waals surface area contributed by atoms with E-state index in [1.165, 1.54) is 6.92 Å². The summed E-state index contributed by atoms with van der Waals surface area (Å²) in [6, 6.07) is 6.87. The number of benzene rings is 1. The van der Waals surface area contributed by atoms with Crippen molar-refractivity contribution in [1.82, 2.24) is 4.90 Å². The van der Waals surface area contributed by atoms with Crippen molar-refractivity contribution in [1.29, 1.82) is 0 Å². The summed E-state index contributed by atoms with van der Waals surface area (Å²) < 4.78 is 0. The van der Waals surface area contributed by atoms with Crippen molar-refractivity contribution in [2.45, 2.75) is 13.3 Å². The summed E-state index contributed by atoms with van der Waals surface area (Å²) in [4.78, 5) is 25.1. The molecule has 0 spiro atoms. The number of hydrogen-bond donors (Lipinski definition) is 2. The van der Waals surface area contributed by atoms with Gasteiger partial charge in [0.25, 0.3) is 0 Å². The van der Waals surface area contributed by atoms with E-state index in [0.717, 1.165) is 19.5 Å². The van der Waals surface area contributed by atoms with Gasteiger partial charge in [-0.05, 0) is 50.1 Å². The Morgan fingerprint density at radius 3 is 2.60 bits per heavy atom. The average Bonchev–Trinajstić information content (AvgIpc) is 2.86. The molecule has 2 rings (SSSR count). The number of ketones is 1. The molecule has 0 radical (unpaired) electrons. The lowest BCUT2D eigenvalue weighted by atomic mass is 10.1. The van der Waals surface area contributed by atoms with Gasteiger partial charge in [-0.3, -0.25) is 14.5 Å². The number of anilines is 1. The van der Waals surface area contributed by atoms with Crippen molar-refractivity contribution in [2.75, 3.05) is 31.6 Å². The van der Waals surface area contributed by atoms with Crippen molar-refractivity contribution < 1.29 is 14.7 Å². The van der Waals surface area contributed by atoms with Crippen LogP contribution in [0.15, 0.2) is 24.3 Å². The number of amides is 1. The Morgan fingerprint density at radius 1 is 1.35 bits per heavy atom. The number of aliphatic hydroxyl groups is 1. The van der Waals surface area contributed by atoms with Crippen LogP contribution in [0, 0.1) is 5.92 Å². The van der Waals surface area contributed by atoms with Crippen LogP contribution in [0.25, 0.3) is 0 Å². The highest BCUT2D eigenvalue weighted by Crippen LogP contribution is 2.15. The van der Waals surface area contributed by atoms with E-state index in [9.17, 15) is 9.59 Å². The first-order valence-electron chi connectivity index (χ1n) is 6.82. The fourth-order valence-corrected chi connectivity index (χ4v) is 2.40. The Balaban J connectivity index is 1.84. The van der Waals surface area contributed by atoms with Crippen LogP contribution < -0.4 is 5.32 Å². The molecule has 0 bridgehead atoms. The average molecular weight is 276 g/mol. The lowest BCUT2D eigenvalue weighted by molar-refractivity contribution is -0.117. The third-order valence-corrected chi connectivity index (χ3v) is 3.57. The van der Waals surface area contributed by atoms with Crippen molar-refractivity contribution in [3.05, 3.63) is 29.8 Å². The number of hydrogen-bond acceptors (Lipinski definition) is 4. The Labute approximate surface area is 118 Å². The molecular formula is C15H20N2O3. The highest BCUT2D eigenvalue weighted by Gasteiger charge is 2.23. The van der Waals surface area contributed by atoms with Gasteiger partial charge in [0.1, 0.15) is 0 Å². The second kappa shape index (κ2) is 6.63. The molecule has 0 aliphatic carbocycles. The van der Waals surface area contributed by atoms with E-state index >= 15 is 0 Å². The van der Waals surface area contributed by atoms with E-state index in [1.807, 2.05) is 4.90 Å². The minimum absolute atomic E-state index is 0.00925. The predicted octanol–water partition coefficient (Wildman–Crippen LogP) is 1.14. The molecule has 0 saturated carbocycles. The SMILES string of the molecule is CC(=O)c1ccc(NC(=O)CN2CCC(CO)C2)cc1. The van der Waals surface area contributed by atoms with Crippen LogP contribution in [-0.4, -0.2) is 47.9 Å². The van der Waals surface area contributed by atoms with Gasteiger partial charge in [-0.2, -0.15) is 0 Å². The molecule has 1 aromatic rings. The van der Waals surface area contributed by atoms with Gasteiger partial charge in [0.2, 0.25) is 5.91 Å². The second-order valence-electron chi connectivity index (χ2n) is 5.25. The van der Waals surface area contributed by atoms with Crippen LogP contribution in [0.3, 0.4) is 0 Å². The molecule has 1 fully saturated rings. The molecule has 1 amide bonds. The number of nitrogens with one attached hydrogen (secondary N) is 1. The molecule has 20 heavy (non-hydrogen) atoms. The lowest BCUT2D eigenvalue weighted by Crippen LogP contribution is -2.31. The number of likely N-dealkylation sites (tertiary alicyclic amines) is 1. The maximum Gasteiger partial charge on any atom is 0.238 e. The van der Waals surface area contributed by atoms with Crippen molar-refractivity contribution in [2.24, 2.45) is 5.92 Å². The minimum Gasteiger partial charge on any atom is -0.396 e. The molecule has 1 saturated heterocycles. The van der Waals surface area contributed by atoms with Gasteiger partial charge in [-0.1, -0.05) is 0 Å². The number of aliphatic hydroxyl groups excluding tert-OH is 1. The van der Waals surface area contributed by atoms with Crippen LogP contribution in [0.5, 0.6) is 0 Å². The zero-order valence-corrected chi connectivity index (χ0v) is 11.6. The molecule has 0 aromatic heterocycles. The Morgan fingerprint density at radius 2 is 2.05 bits per heavy atom. The van der Waals surface area contributed by atoms with E-state index in [2.05, 4.69) is 5.32 Å². The molecule has 5 heteroatoms. The van der Waals surface area contributed by atoms with E-state index in [1.54, 1.807) is 24.3 Å². The smallest absolute Gasteiger partial charge is 0.238 e. The number of carbonyl (C=O) groups is 2. The first-order valence-corrected chi connectivity index (χ1v) is 6.82. The minimum atomic E-state index is -0.0702. The zero-order chi connectivity index (χ0) is 14.5. The van der Waals surface area contributed by atoms with Gasteiger partial charge in [0.05, 0.1) is 6.54 Å². The van der Waals surface area contributed by atoms with Gasteiger partial charge in [0, 0.05) is 24.4 Å². The van der Waals surface area contributed by atoms with E-state index in [0.29, 0.717) is 17.8 Å². The van der Waals surface area contributed by atoms with Crippen LogP contribution in [0.4, 0.5) is 5.69 Å².